The number of hydrogen-bond acceptors (Lipinski definition) is 4. The molecule has 1 aromatic carbocycles. The van der Waals surface area contributed by atoms with Crippen LogP contribution in [-0.4, -0.2) is 45.5 Å². The first-order valence-electron chi connectivity index (χ1n) is 7.54. The molecule has 1 aromatic rings. The molecule has 0 radical (unpaired) electrons. The number of carbonyl (C=O) groups excluding carboxylic acids is 2. The van der Waals surface area contributed by atoms with Gasteiger partial charge in [0.2, 0.25) is 11.8 Å². The molecule has 2 rings (SSSR count). The number of nitrogens with zero attached hydrogens (tertiary/aromatic N) is 1. The highest BCUT2D eigenvalue weighted by Crippen LogP contribution is 2.23. The Morgan fingerprint density at radius 3 is 2.87 bits per heavy atom. The van der Waals surface area contributed by atoms with Gasteiger partial charge in [-0.3, -0.25) is 9.59 Å². The number of hydrogen-bond donors (Lipinski definition) is 2. The zero-order valence-electron chi connectivity index (χ0n) is 12.9. The number of aromatic carboxylic acids is 1. The van der Waals surface area contributed by atoms with Crippen LogP contribution in [0.25, 0.3) is 0 Å². The molecule has 1 heterocycles. The Kier molecular flexibility index (Phi) is 6.04. The fourth-order valence-corrected chi connectivity index (χ4v) is 3.51. The number of unbranched alkanes of at least 4 members (excludes halogenated alkanes) is 1. The number of carboxylic acids is 1. The van der Waals surface area contributed by atoms with Gasteiger partial charge in [-0.2, -0.15) is 0 Å². The highest BCUT2D eigenvalue weighted by atomic mass is 32.2. The largest absolute Gasteiger partial charge is 0.478 e. The lowest BCUT2D eigenvalue weighted by Gasteiger charge is -2.23. The highest BCUT2D eigenvalue weighted by molar-refractivity contribution is 7.99. The predicted molar refractivity (Wildman–Crippen MR) is 89.5 cm³/mol. The van der Waals surface area contributed by atoms with Crippen LogP contribution in [0.5, 0.6) is 0 Å². The quantitative estimate of drug-likeness (QED) is 0.833. The van der Waals surface area contributed by atoms with Gasteiger partial charge in [-0.25, -0.2) is 4.79 Å². The molecule has 2 N–H and O–H groups in total. The van der Waals surface area contributed by atoms with E-state index in [9.17, 15) is 14.4 Å². The van der Waals surface area contributed by atoms with E-state index in [2.05, 4.69) is 5.32 Å². The van der Waals surface area contributed by atoms with E-state index in [-0.39, 0.29) is 17.4 Å². The number of carboxylic acid groups (broad SMARTS) is 1. The first kappa shape index (κ1) is 17.3. The minimum atomic E-state index is -1.05. The van der Waals surface area contributed by atoms with Crippen molar-refractivity contribution in [1.29, 1.82) is 0 Å². The van der Waals surface area contributed by atoms with E-state index in [1.54, 1.807) is 28.8 Å². The summed E-state index contributed by atoms with van der Waals surface area (Å²) in [5.41, 5.74) is 0.534. The van der Waals surface area contributed by atoms with Gasteiger partial charge in [0.25, 0.3) is 0 Å². The van der Waals surface area contributed by atoms with Gasteiger partial charge < -0.3 is 15.3 Å². The Labute approximate surface area is 139 Å². The molecule has 0 spiro atoms. The maximum Gasteiger partial charge on any atom is 0.335 e. The Bertz CT molecular complexity index is 605. The average Bonchev–Trinajstić information content (AvgIpc) is 3.02. The van der Waals surface area contributed by atoms with Crippen molar-refractivity contribution in [3.8, 4) is 0 Å². The van der Waals surface area contributed by atoms with Gasteiger partial charge in [-0.15, -0.1) is 11.8 Å². The normalized spacial score (nSPS) is 17.1. The van der Waals surface area contributed by atoms with Crippen LogP contribution < -0.4 is 5.32 Å². The molecule has 0 aliphatic carbocycles. The Hall–Kier alpha value is -2.02. The lowest BCUT2D eigenvalue weighted by molar-refractivity contribution is -0.136. The summed E-state index contributed by atoms with van der Waals surface area (Å²) in [5, 5.41) is 11.7. The third-order valence-electron chi connectivity index (χ3n) is 3.63. The van der Waals surface area contributed by atoms with Crippen molar-refractivity contribution in [2.75, 3.05) is 16.9 Å². The number of nitrogens with one attached hydrogen (secondary N) is 1. The number of carbonyl (C=O) groups is 3. The van der Waals surface area contributed by atoms with Crippen LogP contribution in [0.2, 0.25) is 0 Å². The smallest absolute Gasteiger partial charge is 0.335 e. The molecule has 1 saturated heterocycles. The summed E-state index contributed by atoms with van der Waals surface area (Å²) in [6.07, 6.45) is 2.20. The minimum absolute atomic E-state index is 0.00344. The predicted octanol–water partition coefficient (Wildman–Crippen LogP) is 2.42. The number of anilines is 1. The molecule has 6 nitrogen and oxygen atoms in total. The van der Waals surface area contributed by atoms with Crippen LogP contribution in [0.1, 0.15) is 36.5 Å². The first-order chi connectivity index (χ1) is 11.0. The Morgan fingerprint density at radius 2 is 2.17 bits per heavy atom. The van der Waals surface area contributed by atoms with Crippen LogP contribution in [0.15, 0.2) is 24.3 Å². The number of rotatable bonds is 6. The molecule has 2 amide bonds. The zero-order chi connectivity index (χ0) is 16.8. The molecule has 0 aromatic heterocycles. The van der Waals surface area contributed by atoms with E-state index < -0.39 is 12.0 Å². The van der Waals surface area contributed by atoms with Crippen LogP contribution in [0.4, 0.5) is 5.69 Å². The van der Waals surface area contributed by atoms with Crippen molar-refractivity contribution in [2.24, 2.45) is 0 Å². The van der Waals surface area contributed by atoms with Crippen LogP contribution in [0, 0.1) is 0 Å². The zero-order valence-corrected chi connectivity index (χ0v) is 13.8. The number of benzene rings is 1. The van der Waals surface area contributed by atoms with Gasteiger partial charge in [0, 0.05) is 17.9 Å². The van der Waals surface area contributed by atoms with E-state index in [4.69, 9.17) is 5.11 Å². The van der Waals surface area contributed by atoms with Crippen LogP contribution in [0.3, 0.4) is 0 Å². The summed E-state index contributed by atoms with van der Waals surface area (Å²) in [5.74, 6) is -0.245. The number of amides is 2. The maximum atomic E-state index is 12.4. The highest BCUT2D eigenvalue weighted by Gasteiger charge is 2.34. The molecule has 0 saturated carbocycles. The third kappa shape index (κ3) is 4.48. The second-order valence-electron chi connectivity index (χ2n) is 5.36. The van der Waals surface area contributed by atoms with Crippen LogP contribution >= 0.6 is 11.8 Å². The lowest BCUT2D eigenvalue weighted by Crippen LogP contribution is -2.44. The molecule has 23 heavy (non-hydrogen) atoms. The maximum absolute atomic E-state index is 12.4. The molecule has 1 aliphatic heterocycles. The van der Waals surface area contributed by atoms with Gasteiger partial charge in [0.15, 0.2) is 0 Å². The summed E-state index contributed by atoms with van der Waals surface area (Å²) >= 11 is 1.55. The molecule has 1 aliphatic rings. The second-order valence-corrected chi connectivity index (χ2v) is 6.36. The van der Waals surface area contributed by atoms with Crippen molar-refractivity contribution in [3.63, 3.8) is 0 Å². The topological polar surface area (TPSA) is 86.7 Å². The van der Waals surface area contributed by atoms with Gasteiger partial charge in [0.05, 0.1) is 11.4 Å². The van der Waals surface area contributed by atoms with Crippen molar-refractivity contribution in [3.05, 3.63) is 29.8 Å². The van der Waals surface area contributed by atoms with E-state index in [0.29, 0.717) is 23.7 Å². The Morgan fingerprint density at radius 1 is 1.39 bits per heavy atom. The van der Waals surface area contributed by atoms with Crippen molar-refractivity contribution < 1.29 is 19.5 Å². The summed E-state index contributed by atoms with van der Waals surface area (Å²) in [6, 6.07) is 5.58. The van der Waals surface area contributed by atoms with Crippen LogP contribution in [-0.2, 0) is 9.59 Å². The fourth-order valence-electron chi connectivity index (χ4n) is 2.33. The molecule has 1 atom stereocenters. The van der Waals surface area contributed by atoms with E-state index in [0.717, 1.165) is 12.8 Å². The average molecular weight is 336 g/mol. The molecule has 1 fully saturated rings. The summed E-state index contributed by atoms with van der Waals surface area (Å²) in [6.45, 7) is 2.02. The van der Waals surface area contributed by atoms with E-state index >= 15 is 0 Å². The molecular weight excluding hydrogens is 316 g/mol. The fraction of sp³-hybridized carbons (Fsp3) is 0.438. The van der Waals surface area contributed by atoms with Crippen molar-refractivity contribution >= 4 is 35.2 Å². The third-order valence-corrected chi connectivity index (χ3v) is 4.64. The van der Waals surface area contributed by atoms with Gasteiger partial charge in [-0.1, -0.05) is 19.4 Å². The first-order valence-corrected chi connectivity index (χ1v) is 8.70. The minimum Gasteiger partial charge on any atom is -0.478 e. The van der Waals surface area contributed by atoms with Crippen molar-refractivity contribution in [2.45, 2.75) is 32.2 Å². The number of thioether (sulfide) groups is 1. The SMILES string of the molecule is CCCCC(=O)N1CSCC1C(=O)Nc1cccc(C(=O)O)c1. The van der Waals surface area contributed by atoms with E-state index in [1.165, 1.54) is 12.1 Å². The standard InChI is InChI=1S/C16H20N2O4S/c1-2-3-7-14(19)18-10-23-9-13(18)15(20)17-12-6-4-5-11(8-12)16(21)22/h4-6,8,13H,2-3,7,9-10H2,1H3,(H,17,20)(H,21,22). The van der Waals surface area contributed by atoms with Gasteiger partial charge >= 0.3 is 5.97 Å². The monoisotopic (exact) mass is 336 g/mol. The molecule has 124 valence electrons. The molecule has 0 bridgehead atoms. The summed E-state index contributed by atoms with van der Waals surface area (Å²) < 4.78 is 0. The van der Waals surface area contributed by atoms with E-state index in [1.807, 2.05) is 6.92 Å². The Balaban J connectivity index is 2.03. The molecule has 7 heteroatoms. The van der Waals surface area contributed by atoms with Crippen molar-refractivity contribution in [1.82, 2.24) is 4.90 Å². The van der Waals surface area contributed by atoms with Gasteiger partial charge in [-0.05, 0) is 24.6 Å². The van der Waals surface area contributed by atoms with Gasteiger partial charge in [0.1, 0.15) is 6.04 Å². The second kappa shape index (κ2) is 8.01. The summed E-state index contributed by atoms with van der Waals surface area (Å²) in [7, 11) is 0. The lowest BCUT2D eigenvalue weighted by atomic mass is 10.2. The molecule has 1 unspecified atom stereocenters. The molecular formula is C16H20N2O4S. The summed E-state index contributed by atoms with van der Waals surface area (Å²) in [4.78, 5) is 37.2.